The van der Waals surface area contributed by atoms with Crippen molar-refractivity contribution in [3.63, 3.8) is 0 Å². The van der Waals surface area contributed by atoms with Gasteiger partial charge in [-0.2, -0.15) is 0 Å². The number of hydrogen-bond donors (Lipinski definition) is 0. The first kappa shape index (κ1) is 78.8. The SMILES string of the molecule is c1cc(-c2cccc(-n3c4ccccc4c4cc(-n5c6ccccc6c6ccccc65)ccc43)c2)cc(-n2ccc3c4ccccc4oc32)c1.c1cc(-c2ccnc(-n3c4ccccc4c4ccoc43)c2)cc(-n2c3ccc(-n4c5ccccc5c5ccoc54)cc3c3ccoc32)c1.c1cc(-n2ccc3c4ccccc4oc32)cc(-n2c3ccccc3c3cc(-n4c5ccccc5c5ccccc54)ccc32)c1. The van der Waals surface area contributed by atoms with Gasteiger partial charge in [0.25, 0.3) is 0 Å². The number of benzene rings is 17. The molecule has 0 saturated carbocycles. The maximum Gasteiger partial charge on any atom is 0.213 e. The average Bonchev–Trinajstić information content (AvgIpc) is 1.56. The minimum atomic E-state index is 0.786. The topological polar surface area (TPSA) is 123 Å². The molecule has 15 aromatic heterocycles. The molecule has 0 radical (unpaired) electrons. The molecule has 142 heavy (non-hydrogen) atoms. The highest BCUT2D eigenvalue weighted by molar-refractivity contribution is 6.17. The standard InChI is InChI=1S/C46H29N3O.C41H24N4O3.C40H25N3O/c1-5-19-41-35(15-1)36-16-2-6-20-42(36)49(41)34-23-24-44-40(29-34)37-17-3-7-21-43(37)48(44)33-14-10-12-31(28-33)30-11-9-13-32(27-30)47-26-25-39-38-18-4-8-22-45(38)50-46(39)47;1-3-10-35-29(8-1)31-15-19-46-39(31)44(35)28-12-13-37-34(24-28)33-17-21-47-40(33)43(37)27-7-5-6-25(22-27)26-14-18-42-38(23-26)45-36-11-4-2-9-30(36)32-16-20-48-41(32)45;1-5-16-35-29(12-1)30-13-2-6-17-36(30)43(35)28-20-21-38-34(25-28)31-14-3-7-18-37(31)42(38)27-11-9-10-26(24-27)41-23-22-33-32-15-4-8-19-39(32)44-40(33)41/h1-29H;1-24H;1-25H. The van der Waals surface area contributed by atoms with Gasteiger partial charge in [-0.15, -0.1) is 0 Å². The third-order valence-electron chi connectivity index (χ3n) is 29.0. The minimum absolute atomic E-state index is 0.786. The Morgan fingerprint density at radius 3 is 0.852 bits per heavy atom. The van der Waals surface area contributed by atoms with Gasteiger partial charge in [0.15, 0.2) is 0 Å². The van der Waals surface area contributed by atoms with Crippen LogP contribution in [0.15, 0.2) is 496 Å². The van der Waals surface area contributed by atoms with Gasteiger partial charge in [0.2, 0.25) is 28.6 Å². The van der Waals surface area contributed by atoms with Crippen LogP contribution in [-0.4, -0.2) is 46.1 Å². The molecule has 0 aliphatic rings. The summed E-state index contributed by atoms with van der Waals surface area (Å²) in [4.78, 5) is 4.77. The molecule has 0 unspecified atom stereocenters. The smallest absolute Gasteiger partial charge is 0.213 e. The van der Waals surface area contributed by atoms with Crippen molar-refractivity contribution in [2.24, 2.45) is 0 Å². The fourth-order valence-corrected chi connectivity index (χ4v) is 22.7. The van der Waals surface area contributed by atoms with E-state index in [1.54, 1.807) is 18.8 Å². The fourth-order valence-electron chi connectivity index (χ4n) is 22.7. The lowest BCUT2D eigenvalue weighted by Gasteiger charge is -2.12. The largest absolute Gasteiger partial charge is 0.447 e. The molecule has 0 aliphatic carbocycles. The molecule has 15 heterocycles. The first-order valence-corrected chi connectivity index (χ1v) is 47.8. The highest BCUT2D eigenvalue weighted by atomic mass is 16.4. The lowest BCUT2D eigenvalue weighted by atomic mass is 10.0. The highest BCUT2D eigenvalue weighted by Gasteiger charge is 2.26. The number of rotatable bonds is 11. The van der Waals surface area contributed by atoms with Crippen molar-refractivity contribution in [1.82, 2.24) is 46.1 Å². The average molecular weight is 1820 g/mol. The molecule has 0 bridgehead atoms. The summed E-state index contributed by atoms with van der Waals surface area (Å²) in [6.07, 6.45) is 11.3. The van der Waals surface area contributed by atoms with Gasteiger partial charge in [0, 0.05) is 155 Å². The summed E-state index contributed by atoms with van der Waals surface area (Å²) in [5.74, 6) is 0.801. The van der Waals surface area contributed by atoms with Gasteiger partial charge in [-0.1, -0.05) is 224 Å². The Hall–Kier alpha value is -19.5. The maximum absolute atomic E-state index is 6.31. The third-order valence-corrected chi connectivity index (χ3v) is 29.0. The Kier molecular flexibility index (Phi) is 17.2. The Morgan fingerprint density at radius 2 is 0.430 bits per heavy atom. The second-order valence-electron chi connectivity index (χ2n) is 36.6. The first-order chi connectivity index (χ1) is 70.4. The summed E-state index contributed by atoms with van der Waals surface area (Å²) < 4.78 is 51.1. The van der Waals surface area contributed by atoms with Crippen molar-refractivity contribution < 1.29 is 22.1 Å². The summed E-state index contributed by atoms with van der Waals surface area (Å²) >= 11 is 0. The minimum Gasteiger partial charge on any atom is -0.447 e. The van der Waals surface area contributed by atoms with Crippen LogP contribution < -0.4 is 0 Å². The van der Waals surface area contributed by atoms with E-state index in [-0.39, 0.29) is 0 Å². The zero-order chi connectivity index (χ0) is 92.9. The zero-order valence-corrected chi connectivity index (χ0v) is 76.0. The van der Waals surface area contributed by atoms with Crippen LogP contribution in [0.1, 0.15) is 0 Å². The summed E-state index contributed by atoms with van der Waals surface area (Å²) in [5, 5.41) is 21.2. The second kappa shape index (κ2) is 31.0. The van der Waals surface area contributed by atoms with E-state index in [9.17, 15) is 0 Å². The Bertz CT molecular complexity index is 10700. The van der Waals surface area contributed by atoms with Crippen LogP contribution in [-0.2, 0) is 0 Å². The Morgan fingerprint density at radius 1 is 0.162 bits per heavy atom. The molecule has 15 nitrogen and oxygen atoms in total. The molecule has 0 fully saturated rings. The number of hydrogen-bond acceptors (Lipinski definition) is 6. The van der Waals surface area contributed by atoms with Crippen molar-refractivity contribution in [2.75, 3.05) is 0 Å². The van der Waals surface area contributed by atoms with E-state index in [4.69, 9.17) is 27.1 Å². The molecule has 17 aromatic carbocycles. The van der Waals surface area contributed by atoms with Gasteiger partial charge < -0.3 is 40.4 Å². The lowest BCUT2D eigenvalue weighted by Crippen LogP contribution is -1.98. The molecule has 0 atom stereocenters. The van der Waals surface area contributed by atoms with Crippen LogP contribution in [0.25, 0.3) is 271 Å². The number of nitrogens with zero attached hydrogens (tertiary/aromatic N) is 10. The molecular formula is C127H78N10O5. The third kappa shape index (κ3) is 11.9. The molecule has 0 N–H and O–H groups in total. The van der Waals surface area contributed by atoms with Crippen LogP contribution in [0, 0.1) is 0 Å². The second-order valence-corrected chi connectivity index (χ2v) is 36.6. The zero-order valence-electron chi connectivity index (χ0n) is 76.0. The molecule has 15 heteroatoms. The van der Waals surface area contributed by atoms with E-state index in [2.05, 4.69) is 436 Å². The van der Waals surface area contributed by atoms with E-state index in [1.165, 1.54) is 92.6 Å². The van der Waals surface area contributed by atoms with Gasteiger partial charge in [0.1, 0.15) is 17.0 Å². The molecule has 0 spiro atoms. The van der Waals surface area contributed by atoms with Crippen LogP contribution in [0.3, 0.4) is 0 Å². The van der Waals surface area contributed by atoms with Crippen molar-refractivity contribution in [2.45, 2.75) is 0 Å². The summed E-state index contributed by atoms with van der Waals surface area (Å²) in [5.41, 5.74) is 31.9. The summed E-state index contributed by atoms with van der Waals surface area (Å²) in [6, 6.07) is 155. The van der Waals surface area contributed by atoms with E-state index in [0.717, 1.165) is 178 Å². The predicted molar refractivity (Wildman–Crippen MR) is 578 cm³/mol. The Labute approximate surface area is 807 Å². The predicted octanol–water partition coefficient (Wildman–Crippen LogP) is 33.6. The monoisotopic (exact) mass is 1820 g/mol. The van der Waals surface area contributed by atoms with E-state index in [1.807, 2.05) is 60.8 Å². The van der Waals surface area contributed by atoms with Crippen LogP contribution in [0.5, 0.6) is 0 Å². The van der Waals surface area contributed by atoms with E-state index < -0.39 is 0 Å². The number of pyridine rings is 1. The fraction of sp³-hybridized carbons (Fsp3) is 0. The number of aromatic nitrogens is 10. The molecule has 666 valence electrons. The molecule has 0 amide bonds. The molecule has 32 rings (SSSR count). The quantitative estimate of drug-likeness (QED) is 0.127. The molecule has 0 saturated heterocycles. The molecule has 32 aromatic rings. The summed E-state index contributed by atoms with van der Waals surface area (Å²) in [7, 11) is 0. The van der Waals surface area contributed by atoms with Crippen LogP contribution in [0.4, 0.5) is 0 Å². The van der Waals surface area contributed by atoms with E-state index in [0.29, 0.717) is 0 Å². The van der Waals surface area contributed by atoms with Crippen molar-refractivity contribution in [1.29, 1.82) is 0 Å². The number of para-hydroxylation sites is 10. The number of furan rings is 5. The van der Waals surface area contributed by atoms with Gasteiger partial charge in [-0.25, -0.2) is 4.98 Å². The summed E-state index contributed by atoms with van der Waals surface area (Å²) in [6.45, 7) is 0. The van der Waals surface area contributed by atoms with Crippen molar-refractivity contribution in [3.8, 4) is 73.6 Å². The normalized spacial score (nSPS) is 12.1. The highest BCUT2D eigenvalue weighted by Crippen LogP contribution is 2.46. The van der Waals surface area contributed by atoms with Crippen LogP contribution >= 0.6 is 0 Å². The maximum atomic E-state index is 6.31. The van der Waals surface area contributed by atoms with Gasteiger partial charge in [-0.05, 0) is 235 Å². The van der Waals surface area contributed by atoms with Gasteiger partial charge >= 0.3 is 0 Å². The van der Waals surface area contributed by atoms with Crippen molar-refractivity contribution in [3.05, 3.63) is 474 Å². The molecule has 0 aliphatic heterocycles. The van der Waals surface area contributed by atoms with Crippen LogP contribution in [0.2, 0.25) is 0 Å². The van der Waals surface area contributed by atoms with Gasteiger partial charge in [0.05, 0.1) is 85.2 Å². The lowest BCUT2D eigenvalue weighted by molar-refractivity contribution is 0.594. The van der Waals surface area contributed by atoms with E-state index >= 15 is 0 Å². The molecular weight excluding hydrogens is 1750 g/mol. The van der Waals surface area contributed by atoms with Gasteiger partial charge in [-0.3, -0.25) is 22.8 Å². The number of fused-ring (bicyclic) bond motifs is 27. The first-order valence-electron chi connectivity index (χ1n) is 47.8. The Balaban J connectivity index is 0.0000000998. The van der Waals surface area contributed by atoms with Crippen molar-refractivity contribution >= 4 is 197 Å².